The van der Waals surface area contributed by atoms with E-state index in [0.29, 0.717) is 30.9 Å². The monoisotopic (exact) mass is 278 g/mol. The van der Waals surface area contributed by atoms with Gasteiger partial charge in [0.2, 0.25) is 5.91 Å². The summed E-state index contributed by atoms with van der Waals surface area (Å²) in [5.74, 6) is -0.731. The molecule has 20 heavy (non-hydrogen) atoms. The second-order valence-electron chi connectivity index (χ2n) is 4.32. The molecule has 0 aliphatic rings. The van der Waals surface area contributed by atoms with E-state index in [9.17, 15) is 9.59 Å². The highest BCUT2D eigenvalue weighted by Crippen LogP contribution is 2.11. The molecule has 0 fully saturated rings. The summed E-state index contributed by atoms with van der Waals surface area (Å²) in [5, 5.41) is 2.75. The lowest BCUT2D eigenvalue weighted by atomic mass is 10.3. The number of para-hydroxylation sites is 2. The first kappa shape index (κ1) is 14.3. The summed E-state index contributed by atoms with van der Waals surface area (Å²) in [7, 11) is 0. The molecule has 1 N–H and O–H groups in total. The molecule has 6 nitrogen and oxygen atoms in total. The van der Waals surface area contributed by atoms with Gasteiger partial charge < -0.3 is 14.5 Å². The van der Waals surface area contributed by atoms with Gasteiger partial charge in [0, 0.05) is 19.8 Å². The Bertz CT molecular complexity index is 629. The number of carbonyl (C=O) groups excluding carboxylic acids is 1. The number of fused-ring (bicyclic) bond motifs is 1. The Morgan fingerprint density at radius 1 is 1.40 bits per heavy atom. The van der Waals surface area contributed by atoms with Crippen LogP contribution in [0.4, 0.5) is 0 Å². The summed E-state index contributed by atoms with van der Waals surface area (Å²) in [6.07, 6.45) is 0.751. The first-order valence-corrected chi connectivity index (χ1v) is 6.65. The number of rotatable bonds is 7. The van der Waals surface area contributed by atoms with Crippen LogP contribution in [0.5, 0.6) is 0 Å². The lowest BCUT2D eigenvalue weighted by Gasteiger charge is -2.05. The van der Waals surface area contributed by atoms with E-state index in [0.717, 1.165) is 6.42 Å². The number of aromatic nitrogens is 1. The molecule has 1 amide bonds. The highest BCUT2D eigenvalue weighted by Gasteiger charge is 2.11. The van der Waals surface area contributed by atoms with Crippen molar-refractivity contribution in [3.05, 3.63) is 34.8 Å². The maximum Gasteiger partial charge on any atom is 0.420 e. The molecule has 2 rings (SSSR count). The van der Waals surface area contributed by atoms with Crippen molar-refractivity contribution < 1.29 is 13.9 Å². The van der Waals surface area contributed by atoms with Crippen LogP contribution in [0, 0.1) is 0 Å². The SMILES string of the molecule is CCOCCCNC(=O)Cn1c(=O)oc2ccccc21. The van der Waals surface area contributed by atoms with Crippen molar-refractivity contribution >= 4 is 17.0 Å². The molecule has 0 saturated heterocycles. The standard InChI is InChI=1S/C14H18N2O4/c1-2-19-9-5-8-15-13(17)10-16-11-6-3-4-7-12(11)20-14(16)18/h3-4,6-7H,2,5,8-10H2,1H3,(H,15,17). The lowest BCUT2D eigenvalue weighted by molar-refractivity contribution is -0.121. The minimum absolute atomic E-state index is 0.0372. The average Bonchev–Trinajstić information content (AvgIpc) is 2.75. The number of benzene rings is 1. The zero-order valence-corrected chi connectivity index (χ0v) is 11.4. The molecule has 1 aromatic carbocycles. The second kappa shape index (κ2) is 6.91. The zero-order valence-electron chi connectivity index (χ0n) is 11.4. The van der Waals surface area contributed by atoms with Gasteiger partial charge in [-0.15, -0.1) is 0 Å². The molecule has 1 aromatic heterocycles. The first-order chi connectivity index (χ1) is 9.72. The molecule has 2 aromatic rings. The van der Waals surface area contributed by atoms with E-state index in [4.69, 9.17) is 9.15 Å². The van der Waals surface area contributed by atoms with E-state index in [1.807, 2.05) is 6.92 Å². The van der Waals surface area contributed by atoms with Gasteiger partial charge in [-0.05, 0) is 25.5 Å². The van der Waals surface area contributed by atoms with Crippen molar-refractivity contribution in [1.82, 2.24) is 9.88 Å². The van der Waals surface area contributed by atoms with Crippen molar-refractivity contribution in [2.24, 2.45) is 0 Å². The molecule has 6 heteroatoms. The van der Waals surface area contributed by atoms with E-state index >= 15 is 0 Å². The summed E-state index contributed by atoms with van der Waals surface area (Å²) in [6.45, 7) is 3.71. The highest BCUT2D eigenvalue weighted by atomic mass is 16.5. The van der Waals surface area contributed by atoms with Crippen molar-refractivity contribution in [2.75, 3.05) is 19.8 Å². The van der Waals surface area contributed by atoms with Crippen molar-refractivity contribution in [2.45, 2.75) is 19.9 Å². The smallest absolute Gasteiger partial charge is 0.408 e. The van der Waals surface area contributed by atoms with Crippen LogP contribution < -0.4 is 11.1 Å². The molecule has 0 spiro atoms. The number of nitrogens with one attached hydrogen (secondary N) is 1. The number of oxazole rings is 1. The van der Waals surface area contributed by atoms with Gasteiger partial charge in [-0.1, -0.05) is 12.1 Å². The lowest BCUT2D eigenvalue weighted by Crippen LogP contribution is -2.31. The van der Waals surface area contributed by atoms with Gasteiger partial charge in [0.1, 0.15) is 6.54 Å². The summed E-state index contributed by atoms with van der Waals surface area (Å²) in [5.41, 5.74) is 1.11. The van der Waals surface area contributed by atoms with E-state index in [1.165, 1.54) is 4.57 Å². The fourth-order valence-electron chi connectivity index (χ4n) is 1.91. The molecular formula is C14H18N2O4. The third-order valence-corrected chi connectivity index (χ3v) is 2.87. The van der Waals surface area contributed by atoms with Gasteiger partial charge in [0.05, 0.1) is 5.52 Å². The van der Waals surface area contributed by atoms with Gasteiger partial charge >= 0.3 is 5.76 Å². The van der Waals surface area contributed by atoms with Crippen LogP contribution in [0.2, 0.25) is 0 Å². The Balaban J connectivity index is 1.93. The van der Waals surface area contributed by atoms with Gasteiger partial charge in [-0.3, -0.25) is 9.36 Å². The topological polar surface area (TPSA) is 73.5 Å². The fraction of sp³-hybridized carbons (Fsp3) is 0.429. The Hall–Kier alpha value is -2.08. The van der Waals surface area contributed by atoms with Crippen molar-refractivity contribution in [1.29, 1.82) is 0 Å². The summed E-state index contributed by atoms with van der Waals surface area (Å²) >= 11 is 0. The normalized spacial score (nSPS) is 10.8. The Morgan fingerprint density at radius 3 is 3.00 bits per heavy atom. The fourth-order valence-corrected chi connectivity index (χ4v) is 1.91. The molecule has 0 saturated carbocycles. The Kier molecular flexibility index (Phi) is 4.95. The largest absolute Gasteiger partial charge is 0.420 e. The van der Waals surface area contributed by atoms with Crippen LogP contribution in [0.3, 0.4) is 0 Å². The van der Waals surface area contributed by atoms with Crippen LogP contribution in [-0.4, -0.2) is 30.2 Å². The molecule has 0 aliphatic carbocycles. The molecule has 0 aliphatic heterocycles. The minimum atomic E-state index is -0.518. The van der Waals surface area contributed by atoms with Gasteiger partial charge in [0.15, 0.2) is 5.58 Å². The second-order valence-corrected chi connectivity index (χ2v) is 4.32. The van der Waals surface area contributed by atoms with E-state index < -0.39 is 5.76 Å². The third kappa shape index (κ3) is 3.48. The van der Waals surface area contributed by atoms with Gasteiger partial charge in [0.25, 0.3) is 0 Å². The maximum absolute atomic E-state index is 11.8. The molecule has 0 unspecified atom stereocenters. The third-order valence-electron chi connectivity index (χ3n) is 2.87. The van der Waals surface area contributed by atoms with Gasteiger partial charge in [-0.2, -0.15) is 0 Å². The van der Waals surface area contributed by atoms with E-state index in [-0.39, 0.29) is 12.5 Å². The van der Waals surface area contributed by atoms with Crippen LogP contribution in [-0.2, 0) is 16.1 Å². The molecule has 0 radical (unpaired) electrons. The van der Waals surface area contributed by atoms with Crippen LogP contribution in [0.25, 0.3) is 11.1 Å². The van der Waals surface area contributed by atoms with Gasteiger partial charge in [-0.25, -0.2) is 4.79 Å². The molecule has 108 valence electrons. The first-order valence-electron chi connectivity index (χ1n) is 6.65. The number of amides is 1. The number of nitrogens with zero attached hydrogens (tertiary/aromatic N) is 1. The van der Waals surface area contributed by atoms with Crippen molar-refractivity contribution in [3.8, 4) is 0 Å². The maximum atomic E-state index is 11.8. The summed E-state index contributed by atoms with van der Waals surface area (Å²) in [6, 6.07) is 7.03. The Morgan fingerprint density at radius 2 is 2.20 bits per heavy atom. The highest BCUT2D eigenvalue weighted by molar-refractivity contribution is 5.79. The summed E-state index contributed by atoms with van der Waals surface area (Å²) in [4.78, 5) is 23.5. The zero-order chi connectivity index (χ0) is 14.4. The quantitative estimate of drug-likeness (QED) is 0.771. The average molecular weight is 278 g/mol. The number of hydrogen-bond donors (Lipinski definition) is 1. The van der Waals surface area contributed by atoms with Crippen LogP contribution >= 0.6 is 0 Å². The molecular weight excluding hydrogens is 260 g/mol. The predicted octanol–water partition coefficient (Wildman–Crippen LogP) is 1.14. The summed E-state index contributed by atoms with van der Waals surface area (Å²) < 4.78 is 11.6. The van der Waals surface area contributed by atoms with E-state index in [2.05, 4.69) is 5.32 Å². The molecule has 0 bridgehead atoms. The Labute approximate surface area is 116 Å². The van der Waals surface area contributed by atoms with Crippen LogP contribution in [0.1, 0.15) is 13.3 Å². The predicted molar refractivity (Wildman–Crippen MR) is 74.6 cm³/mol. The van der Waals surface area contributed by atoms with Crippen LogP contribution in [0.15, 0.2) is 33.5 Å². The molecule has 1 heterocycles. The van der Waals surface area contributed by atoms with E-state index in [1.54, 1.807) is 24.3 Å². The molecule has 0 atom stereocenters. The van der Waals surface area contributed by atoms with Crippen molar-refractivity contribution in [3.63, 3.8) is 0 Å². The number of carbonyl (C=O) groups is 1. The minimum Gasteiger partial charge on any atom is -0.408 e. The number of hydrogen-bond acceptors (Lipinski definition) is 4. The number of ether oxygens (including phenoxy) is 1.